The first-order chi connectivity index (χ1) is 8.75. The summed E-state index contributed by atoms with van der Waals surface area (Å²) in [5, 5.41) is 3.88. The van der Waals surface area contributed by atoms with Gasteiger partial charge in [0.1, 0.15) is 18.1 Å². The monoisotopic (exact) mass is 265 g/mol. The highest BCUT2D eigenvalue weighted by Crippen LogP contribution is 2.24. The van der Waals surface area contributed by atoms with Gasteiger partial charge in [-0.05, 0) is 36.8 Å². The van der Waals surface area contributed by atoms with Gasteiger partial charge in [-0.25, -0.2) is 0 Å². The van der Waals surface area contributed by atoms with Gasteiger partial charge in [-0.15, -0.1) is 0 Å². The van der Waals surface area contributed by atoms with E-state index in [9.17, 15) is 0 Å². The zero-order valence-corrected chi connectivity index (χ0v) is 11.0. The van der Waals surface area contributed by atoms with Gasteiger partial charge < -0.3 is 14.5 Å². The number of hydrogen-bond donors (Lipinski definition) is 1. The van der Waals surface area contributed by atoms with Crippen LogP contribution in [0.5, 0.6) is 5.75 Å². The fraction of sp³-hybridized carbons (Fsp3) is 0.286. The van der Waals surface area contributed by atoms with Crippen LogP contribution in [0.2, 0.25) is 5.02 Å². The largest absolute Gasteiger partial charge is 0.491 e. The first-order valence-electron chi connectivity index (χ1n) is 5.88. The molecular formula is C14H16ClNO2. The van der Waals surface area contributed by atoms with E-state index in [1.165, 1.54) is 0 Å². The summed E-state index contributed by atoms with van der Waals surface area (Å²) in [5.41, 5.74) is 1.13. The van der Waals surface area contributed by atoms with Crippen molar-refractivity contribution in [3.8, 4) is 5.75 Å². The van der Waals surface area contributed by atoms with Crippen LogP contribution in [0.15, 0.2) is 41.0 Å². The number of aryl methyl sites for hydroxylation is 1. The average molecular weight is 266 g/mol. The maximum Gasteiger partial charge on any atom is 0.137 e. The van der Waals surface area contributed by atoms with Crippen LogP contribution in [-0.2, 0) is 6.54 Å². The fourth-order valence-electron chi connectivity index (χ4n) is 1.58. The fourth-order valence-corrected chi connectivity index (χ4v) is 1.87. The van der Waals surface area contributed by atoms with Crippen LogP contribution in [0.25, 0.3) is 0 Å². The molecule has 1 N–H and O–H groups in total. The van der Waals surface area contributed by atoms with Gasteiger partial charge in [-0.1, -0.05) is 17.7 Å². The number of rotatable bonds is 6. The van der Waals surface area contributed by atoms with Gasteiger partial charge in [0.25, 0.3) is 0 Å². The average Bonchev–Trinajstić information content (AvgIpc) is 2.84. The molecule has 1 aromatic heterocycles. The summed E-state index contributed by atoms with van der Waals surface area (Å²) in [7, 11) is 0. The summed E-state index contributed by atoms with van der Waals surface area (Å²) in [6.07, 6.45) is 1.67. The molecule has 4 heteroatoms. The lowest BCUT2D eigenvalue weighted by molar-refractivity contribution is 0.311. The van der Waals surface area contributed by atoms with Crippen molar-refractivity contribution in [2.45, 2.75) is 13.5 Å². The van der Waals surface area contributed by atoms with Gasteiger partial charge in [0.05, 0.1) is 17.8 Å². The molecule has 0 atom stereocenters. The Morgan fingerprint density at radius 3 is 2.94 bits per heavy atom. The van der Waals surface area contributed by atoms with E-state index in [-0.39, 0.29) is 0 Å². The van der Waals surface area contributed by atoms with Crippen molar-refractivity contribution in [1.82, 2.24) is 5.32 Å². The lowest BCUT2D eigenvalue weighted by Gasteiger charge is -2.08. The van der Waals surface area contributed by atoms with E-state index in [1.807, 2.05) is 37.3 Å². The lowest BCUT2D eigenvalue weighted by atomic mass is 10.2. The molecule has 0 aliphatic carbocycles. The van der Waals surface area contributed by atoms with Crippen molar-refractivity contribution in [2.75, 3.05) is 13.2 Å². The summed E-state index contributed by atoms with van der Waals surface area (Å²) >= 11 is 6.06. The molecule has 0 unspecified atom stereocenters. The molecule has 0 saturated carbocycles. The smallest absolute Gasteiger partial charge is 0.137 e. The van der Waals surface area contributed by atoms with E-state index in [0.29, 0.717) is 18.2 Å². The van der Waals surface area contributed by atoms with E-state index in [4.69, 9.17) is 20.8 Å². The second-order valence-electron chi connectivity index (χ2n) is 4.04. The van der Waals surface area contributed by atoms with E-state index < -0.39 is 0 Å². The molecular weight excluding hydrogens is 250 g/mol. The predicted octanol–water partition coefficient (Wildman–Crippen LogP) is 3.41. The Morgan fingerprint density at radius 1 is 1.33 bits per heavy atom. The third-order valence-corrected chi connectivity index (χ3v) is 2.80. The first-order valence-corrected chi connectivity index (χ1v) is 6.25. The van der Waals surface area contributed by atoms with Gasteiger partial charge >= 0.3 is 0 Å². The Hall–Kier alpha value is -1.45. The molecule has 0 aliphatic heterocycles. The van der Waals surface area contributed by atoms with E-state index in [0.717, 1.165) is 23.6 Å². The summed E-state index contributed by atoms with van der Waals surface area (Å²) in [5.74, 6) is 1.64. The highest BCUT2D eigenvalue weighted by molar-refractivity contribution is 6.32. The molecule has 2 aromatic rings. The molecule has 1 heterocycles. The Bertz CT molecular complexity index is 483. The summed E-state index contributed by atoms with van der Waals surface area (Å²) < 4.78 is 10.8. The minimum atomic E-state index is 0.573. The number of furan rings is 1. The van der Waals surface area contributed by atoms with Crippen LogP contribution in [0.1, 0.15) is 11.3 Å². The topological polar surface area (TPSA) is 34.4 Å². The molecule has 2 rings (SSSR count). The normalized spacial score (nSPS) is 10.6. The van der Waals surface area contributed by atoms with Crippen molar-refractivity contribution in [3.05, 3.63) is 52.9 Å². The third kappa shape index (κ3) is 3.79. The molecule has 1 aromatic carbocycles. The Labute approximate surface area is 112 Å². The van der Waals surface area contributed by atoms with Crippen LogP contribution in [0.4, 0.5) is 0 Å². The summed E-state index contributed by atoms with van der Waals surface area (Å²) in [4.78, 5) is 0. The zero-order valence-electron chi connectivity index (χ0n) is 10.3. The number of halogens is 1. The molecule has 0 amide bonds. The molecule has 0 fully saturated rings. The zero-order chi connectivity index (χ0) is 12.8. The summed E-state index contributed by atoms with van der Waals surface area (Å²) in [6, 6.07) is 9.58. The minimum Gasteiger partial charge on any atom is -0.491 e. The van der Waals surface area contributed by atoms with Gasteiger partial charge in [-0.2, -0.15) is 0 Å². The van der Waals surface area contributed by atoms with Gasteiger partial charge in [0, 0.05) is 6.54 Å². The highest BCUT2D eigenvalue weighted by Gasteiger charge is 2.01. The van der Waals surface area contributed by atoms with E-state index in [1.54, 1.807) is 6.26 Å². The number of benzene rings is 1. The van der Waals surface area contributed by atoms with Gasteiger partial charge in [0.15, 0.2) is 0 Å². The molecule has 0 aliphatic rings. The standard InChI is InChI=1S/C14H16ClNO2/c1-11-4-5-14(13(15)9-11)18-8-6-16-10-12-3-2-7-17-12/h2-5,7,9,16H,6,8,10H2,1H3. The van der Waals surface area contributed by atoms with Gasteiger partial charge in [0.2, 0.25) is 0 Å². The number of ether oxygens (including phenoxy) is 1. The van der Waals surface area contributed by atoms with E-state index in [2.05, 4.69) is 5.32 Å². The maximum absolute atomic E-state index is 6.06. The van der Waals surface area contributed by atoms with Crippen molar-refractivity contribution in [1.29, 1.82) is 0 Å². The van der Waals surface area contributed by atoms with Gasteiger partial charge in [-0.3, -0.25) is 0 Å². The second-order valence-corrected chi connectivity index (χ2v) is 4.45. The van der Waals surface area contributed by atoms with Crippen LogP contribution in [-0.4, -0.2) is 13.2 Å². The highest BCUT2D eigenvalue weighted by atomic mass is 35.5. The molecule has 18 heavy (non-hydrogen) atoms. The predicted molar refractivity (Wildman–Crippen MR) is 72.1 cm³/mol. The molecule has 0 radical (unpaired) electrons. The molecule has 3 nitrogen and oxygen atoms in total. The molecule has 96 valence electrons. The SMILES string of the molecule is Cc1ccc(OCCNCc2ccco2)c(Cl)c1. The van der Waals surface area contributed by atoms with Crippen LogP contribution in [0.3, 0.4) is 0 Å². The number of hydrogen-bond acceptors (Lipinski definition) is 3. The van der Waals surface area contributed by atoms with Crippen LogP contribution >= 0.6 is 11.6 Å². The van der Waals surface area contributed by atoms with Crippen molar-refractivity contribution >= 4 is 11.6 Å². The maximum atomic E-state index is 6.06. The quantitative estimate of drug-likeness (QED) is 0.813. The Kier molecular flexibility index (Phi) is 4.67. The lowest BCUT2D eigenvalue weighted by Crippen LogP contribution is -2.20. The second kappa shape index (κ2) is 6.47. The summed E-state index contributed by atoms with van der Waals surface area (Å²) in [6.45, 7) is 4.02. The van der Waals surface area contributed by atoms with E-state index >= 15 is 0 Å². The molecule has 0 saturated heterocycles. The van der Waals surface area contributed by atoms with Crippen molar-refractivity contribution in [2.24, 2.45) is 0 Å². The van der Waals surface area contributed by atoms with Crippen LogP contribution < -0.4 is 10.1 Å². The molecule has 0 bridgehead atoms. The van der Waals surface area contributed by atoms with Crippen molar-refractivity contribution < 1.29 is 9.15 Å². The minimum absolute atomic E-state index is 0.573. The van der Waals surface area contributed by atoms with Crippen LogP contribution in [0, 0.1) is 6.92 Å². The Balaban J connectivity index is 1.69. The first kappa shape index (κ1) is 13.0. The number of nitrogens with one attached hydrogen (secondary N) is 1. The third-order valence-electron chi connectivity index (χ3n) is 2.50. The Morgan fingerprint density at radius 2 is 2.22 bits per heavy atom. The van der Waals surface area contributed by atoms with Crippen molar-refractivity contribution in [3.63, 3.8) is 0 Å². The molecule has 0 spiro atoms.